The maximum atomic E-state index is 12.6. The largest absolute Gasteiger partial charge is 0.497 e. The fourth-order valence-corrected chi connectivity index (χ4v) is 7.23. The smallest absolute Gasteiger partial charge is 0.255 e. The number of rotatable bonds is 5. The molecular weight excluding hydrogens is 390 g/mol. The van der Waals surface area contributed by atoms with Crippen LogP contribution in [0.25, 0.3) is 0 Å². The molecule has 144 valence electrons. The summed E-state index contributed by atoms with van der Waals surface area (Å²) in [5, 5.41) is 1.78. The van der Waals surface area contributed by atoms with Gasteiger partial charge in [-0.05, 0) is 55.0 Å². The zero-order valence-electron chi connectivity index (χ0n) is 14.6. The highest BCUT2D eigenvalue weighted by atomic mass is 32.2. The zero-order valence-corrected chi connectivity index (χ0v) is 16.2. The molecule has 1 unspecified atom stereocenters. The summed E-state index contributed by atoms with van der Waals surface area (Å²) in [6.07, 6.45) is 0.102. The Balaban J connectivity index is 1.73. The Morgan fingerprint density at radius 3 is 2.22 bits per heavy atom. The van der Waals surface area contributed by atoms with Gasteiger partial charge < -0.3 is 10.1 Å². The summed E-state index contributed by atoms with van der Waals surface area (Å²) in [4.78, 5) is 12.3. The zero-order chi connectivity index (χ0) is 19.7. The predicted octanol–water partition coefficient (Wildman–Crippen LogP) is 1.91. The van der Waals surface area contributed by atoms with Crippen LogP contribution in [0.5, 0.6) is 5.75 Å². The van der Waals surface area contributed by atoms with Crippen LogP contribution in [0, 0.1) is 0 Å². The van der Waals surface area contributed by atoms with E-state index < -0.39 is 24.9 Å². The van der Waals surface area contributed by atoms with Crippen molar-refractivity contribution >= 4 is 31.3 Å². The van der Waals surface area contributed by atoms with E-state index in [1.807, 2.05) is 0 Å². The van der Waals surface area contributed by atoms with Crippen LogP contribution in [0.15, 0.2) is 53.4 Å². The van der Waals surface area contributed by atoms with Crippen molar-refractivity contribution < 1.29 is 26.4 Å². The normalized spacial score (nSPS) is 18.8. The summed E-state index contributed by atoms with van der Waals surface area (Å²) < 4.78 is 53.3. The Morgan fingerprint density at radius 2 is 1.70 bits per heavy atom. The Bertz CT molecular complexity index is 1040. The first-order valence-electron chi connectivity index (χ1n) is 8.21. The van der Waals surface area contributed by atoms with Crippen molar-refractivity contribution in [1.29, 1.82) is 0 Å². The van der Waals surface area contributed by atoms with Gasteiger partial charge in [-0.3, -0.25) is 4.79 Å². The van der Waals surface area contributed by atoms with Gasteiger partial charge in [0.05, 0.1) is 28.8 Å². The van der Waals surface area contributed by atoms with Crippen molar-refractivity contribution in [2.24, 2.45) is 0 Å². The van der Waals surface area contributed by atoms with Crippen molar-refractivity contribution in [1.82, 2.24) is 0 Å². The monoisotopic (exact) mass is 409 g/mol. The Morgan fingerprint density at radius 1 is 1.07 bits per heavy atom. The first kappa shape index (κ1) is 19.4. The summed E-state index contributed by atoms with van der Waals surface area (Å²) in [6, 6.07) is 12.3. The fraction of sp³-hybridized carbons (Fsp3) is 0.278. The van der Waals surface area contributed by atoms with Gasteiger partial charge in [0.25, 0.3) is 5.91 Å². The molecule has 0 radical (unpaired) electrons. The predicted molar refractivity (Wildman–Crippen MR) is 102 cm³/mol. The molecule has 2 aromatic rings. The number of nitrogens with one attached hydrogen (secondary N) is 1. The van der Waals surface area contributed by atoms with Gasteiger partial charge in [-0.1, -0.05) is 0 Å². The molecule has 1 atom stereocenters. The number of sulfone groups is 2. The van der Waals surface area contributed by atoms with E-state index in [1.54, 1.807) is 31.4 Å². The molecule has 1 aliphatic heterocycles. The summed E-state index contributed by atoms with van der Waals surface area (Å²) >= 11 is 0. The highest BCUT2D eigenvalue weighted by molar-refractivity contribution is 7.96. The van der Waals surface area contributed by atoms with Gasteiger partial charge in [-0.2, -0.15) is 0 Å². The van der Waals surface area contributed by atoms with E-state index in [0.29, 0.717) is 17.0 Å². The number of ether oxygens (including phenoxy) is 1. The molecule has 27 heavy (non-hydrogen) atoms. The highest BCUT2D eigenvalue weighted by Gasteiger charge is 2.37. The first-order chi connectivity index (χ1) is 12.7. The third-order valence-electron chi connectivity index (χ3n) is 4.42. The lowest BCUT2D eigenvalue weighted by Gasteiger charge is -2.11. The van der Waals surface area contributed by atoms with E-state index in [4.69, 9.17) is 4.74 Å². The standard InChI is InChI=1S/C18H19NO6S2/c1-25-15-6-4-14(5-7-15)19-18(20)13-2-8-16(9-3-13)27(23,24)17-10-11-26(21,22)12-17/h2-9,17H,10-12H2,1H3,(H,19,20). The van der Waals surface area contributed by atoms with Crippen LogP contribution in [0.1, 0.15) is 16.8 Å². The average Bonchev–Trinajstić information content (AvgIpc) is 3.03. The van der Waals surface area contributed by atoms with Gasteiger partial charge in [-0.25, -0.2) is 16.8 Å². The van der Waals surface area contributed by atoms with Gasteiger partial charge in [0.15, 0.2) is 19.7 Å². The lowest BCUT2D eigenvalue weighted by atomic mass is 10.2. The molecule has 9 heteroatoms. The van der Waals surface area contributed by atoms with Gasteiger partial charge >= 0.3 is 0 Å². The molecular formula is C18H19NO6S2. The summed E-state index contributed by atoms with van der Waals surface area (Å²) in [6.45, 7) is 0. The minimum Gasteiger partial charge on any atom is -0.497 e. The van der Waals surface area contributed by atoms with Gasteiger partial charge in [-0.15, -0.1) is 0 Å². The van der Waals surface area contributed by atoms with E-state index in [0.717, 1.165) is 0 Å². The molecule has 1 heterocycles. The number of methoxy groups -OCH3 is 1. The number of benzene rings is 2. The minimum absolute atomic E-state index is 0.0191. The molecule has 0 aliphatic carbocycles. The Kier molecular flexibility index (Phi) is 5.25. The lowest BCUT2D eigenvalue weighted by Crippen LogP contribution is -2.22. The van der Waals surface area contributed by atoms with E-state index in [-0.39, 0.29) is 28.7 Å². The summed E-state index contributed by atoms with van der Waals surface area (Å²) in [5.74, 6) is -0.182. The van der Waals surface area contributed by atoms with Crippen molar-refractivity contribution in [2.45, 2.75) is 16.6 Å². The van der Waals surface area contributed by atoms with E-state index in [2.05, 4.69) is 5.32 Å². The molecule has 0 saturated carbocycles. The first-order valence-corrected chi connectivity index (χ1v) is 11.6. The summed E-state index contributed by atoms with van der Waals surface area (Å²) in [7, 11) is -5.50. The Labute approximate surface area is 158 Å². The van der Waals surface area contributed by atoms with Crippen LogP contribution in [-0.4, -0.2) is 46.6 Å². The van der Waals surface area contributed by atoms with Gasteiger partial charge in [0, 0.05) is 11.3 Å². The second-order valence-corrected chi connectivity index (χ2v) is 10.7. The van der Waals surface area contributed by atoms with Crippen molar-refractivity contribution in [3.63, 3.8) is 0 Å². The van der Waals surface area contributed by atoms with Gasteiger partial charge in [0.2, 0.25) is 0 Å². The lowest BCUT2D eigenvalue weighted by molar-refractivity contribution is 0.102. The molecule has 1 aliphatic rings. The molecule has 3 rings (SSSR count). The molecule has 1 fully saturated rings. The van der Waals surface area contributed by atoms with E-state index in [9.17, 15) is 21.6 Å². The third kappa shape index (κ3) is 4.30. The molecule has 0 aromatic heterocycles. The number of anilines is 1. The van der Waals surface area contributed by atoms with Crippen LogP contribution in [-0.2, 0) is 19.7 Å². The molecule has 1 N–H and O–H groups in total. The van der Waals surface area contributed by atoms with E-state index >= 15 is 0 Å². The molecule has 1 amide bonds. The second-order valence-electron chi connectivity index (χ2n) is 6.28. The van der Waals surface area contributed by atoms with Crippen LogP contribution in [0.2, 0.25) is 0 Å². The van der Waals surface area contributed by atoms with Crippen LogP contribution in [0.4, 0.5) is 5.69 Å². The minimum atomic E-state index is -3.74. The fourth-order valence-electron chi connectivity index (χ4n) is 2.87. The molecule has 7 nitrogen and oxygen atoms in total. The number of hydrogen-bond donors (Lipinski definition) is 1. The quantitative estimate of drug-likeness (QED) is 0.808. The van der Waals surface area contributed by atoms with Crippen molar-refractivity contribution in [3.8, 4) is 5.75 Å². The number of hydrogen-bond acceptors (Lipinski definition) is 6. The van der Waals surface area contributed by atoms with Crippen LogP contribution >= 0.6 is 0 Å². The second kappa shape index (κ2) is 7.32. The SMILES string of the molecule is COc1ccc(NC(=O)c2ccc(S(=O)(=O)C3CCS(=O)(=O)C3)cc2)cc1. The molecule has 0 spiro atoms. The number of carbonyl (C=O) groups is 1. The Hall–Kier alpha value is -2.39. The average molecular weight is 409 g/mol. The number of carbonyl (C=O) groups excluding carboxylic acids is 1. The number of amides is 1. The summed E-state index contributed by atoms with van der Waals surface area (Å²) in [5.41, 5.74) is 0.873. The van der Waals surface area contributed by atoms with Crippen molar-refractivity contribution in [2.75, 3.05) is 23.9 Å². The van der Waals surface area contributed by atoms with Crippen LogP contribution < -0.4 is 10.1 Å². The highest BCUT2D eigenvalue weighted by Crippen LogP contribution is 2.25. The molecule has 2 aromatic carbocycles. The topological polar surface area (TPSA) is 107 Å². The maximum Gasteiger partial charge on any atom is 0.255 e. The third-order valence-corrected chi connectivity index (χ3v) is 8.61. The maximum absolute atomic E-state index is 12.6. The molecule has 0 bridgehead atoms. The van der Waals surface area contributed by atoms with Crippen molar-refractivity contribution in [3.05, 3.63) is 54.1 Å². The van der Waals surface area contributed by atoms with Crippen LogP contribution in [0.3, 0.4) is 0 Å². The van der Waals surface area contributed by atoms with E-state index in [1.165, 1.54) is 24.3 Å². The molecule has 1 saturated heterocycles. The van der Waals surface area contributed by atoms with Gasteiger partial charge in [0.1, 0.15) is 5.75 Å².